The zero-order valence-electron chi connectivity index (χ0n) is 21.9. The number of carbonyl (C=O) groups excluding carboxylic acids is 2. The second-order valence-corrected chi connectivity index (χ2v) is 10.8. The van der Waals surface area contributed by atoms with Crippen LogP contribution in [0.15, 0.2) is 73.1 Å². The van der Waals surface area contributed by atoms with Crippen molar-refractivity contribution in [1.29, 1.82) is 0 Å². The molecule has 0 radical (unpaired) electrons. The standard InChI is InChI=1S/C31H33N4O2/c1-21-16-26-27(17-22(21)2)34(20-33(26)18-28(36)23-10-6-5-7-11-23)19-29(37)35-15-14-31(3)24-12-8-9-13-25(24)32(4)30(31)35/h5-13,16-17,20,30H,14-15,18-19H2,1-4H3/q+1. The van der Waals surface area contributed by atoms with Gasteiger partial charge in [-0.25, -0.2) is 9.13 Å². The number of ketones is 1. The molecule has 0 bridgehead atoms. The van der Waals surface area contributed by atoms with Crippen LogP contribution in [0, 0.1) is 13.8 Å². The summed E-state index contributed by atoms with van der Waals surface area (Å²) in [5, 5.41) is 0. The van der Waals surface area contributed by atoms with Crippen molar-refractivity contribution >= 4 is 28.4 Å². The van der Waals surface area contributed by atoms with Gasteiger partial charge >= 0.3 is 0 Å². The van der Waals surface area contributed by atoms with Crippen molar-refractivity contribution in [3.63, 3.8) is 0 Å². The van der Waals surface area contributed by atoms with E-state index in [1.807, 2.05) is 50.7 Å². The second kappa shape index (κ2) is 8.58. The van der Waals surface area contributed by atoms with Crippen molar-refractivity contribution in [1.82, 2.24) is 9.47 Å². The quantitative estimate of drug-likeness (QED) is 0.306. The fourth-order valence-electron chi connectivity index (χ4n) is 6.41. The maximum Gasteiger partial charge on any atom is 0.266 e. The van der Waals surface area contributed by atoms with E-state index in [2.05, 4.69) is 69.1 Å². The molecule has 3 heterocycles. The maximum absolute atomic E-state index is 13.8. The molecule has 2 unspecified atom stereocenters. The summed E-state index contributed by atoms with van der Waals surface area (Å²) in [7, 11) is 2.10. The smallest absolute Gasteiger partial charge is 0.266 e. The highest BCUT2D eigenvalue weighted by atomic mass is 16.2. The topological polar surface area (TPSA) is 49.4 Å². The minimum atomic E-state index is -0.0739. The summed E-state index contributed by atoms with van der Waals surface area (Å²) in [5.41, 5.74) is 7.43. The van der Waals surface area contributed by atoms with Gasteiger partial charge in [-0.15, -0.1) is 0 Å². The third kappa shape index (κ3) is 3.66. The Labute approximate surface area is 217 Å². The van der Waals surface area contributed by atoms with Gasteiger partial charge in [0.2, 0.25) is 12.1 Å². The molecular formula is C31H33N4O2+. The van der Waals surface area contributed by atoms with Crippen molar-refractivity contribution < 1.29 is 14.2 Å². The number of likely N-dealkylation sites (N-methyl/N-ethyl adjacent to an activating group) is 1. The van der Waals surface area contributed by atoms with Crippen LogP contribution in [0.5, 0.6) is 0 Å². The van der Waals surface area contributed by atoms with Crippen LogP contribution < -0.4 is 9.47 Å². The Kier molecular flexibility index (Phi) is 5.44. The van der Waals surface area contributed by atoms with E-state index in [0.29, 0.717) is 5.56 Å². The molecule has 2 aliphatic rings. The number of Topliss-reactive ketones (excluding diaryl/α,β-unsaturated/α-hetero) is 1. The summed E-state index contributed by atoms with van der Waals surface area (Å²) >= 11 is 0. The number of hydrogen-bond donors (Lipinski definition) is 0. The van der Waals surface area contributed by atoms with Crippen LogP contribution in [0.3, 0.4) is 0 Å². The number of carbonyl (C=O) groups is 2. The lowest BCUT2D eigenvalue weighted by atomic mass is 9.81. The van der Waals surface area contributed by atoms with E-state index in [4.69, 9.17) is 0 Å². The zero-order valence-corrected chi connectivity index (χ0v) is 21.9. The Morgan fingerprint density at radius 1 is 1.00 bits per heavy atom. The molecule has 0 spiro atoms. The SMILES string of the molecule is Cc1cc2c(cc1C)[n+](CC(=O)c1ccccc1)cn2CC(=O)N1CCC2(C)c3ccccc3N(C)C12. The molecule has 1 aromatic heterocycles. The van der Waals surface area contributed by atoms with Crippen LogP contribution in [0.1, 0.15) is 40.4 Å². The van der Waals surface area contributed by atoms with Crippen molar-refractivity contribution in [3.05, 3.63) is 95.3 Å². The summed E-state index contributed by atoms with van der Waals surface area (Å²) in [5.74, 6) is 0.153. The molecule has 3 aromatic carbocycles. The summed E-state index contributed by atoms with van der Waals surface area (Å²) < 4.78 is 4.00. The second-order valence-electron chi connectivity index (χ2n) is 10.8. The van der Waals surface area contributed by atoms with Crippen LogP contribution in [-0.4, -0.2) is 40.9 Å². The number of fused-ring (bicyclic) bond motifs is 4. The third-order valence-corrected chi connectivity index (χ3v) is 8.53. The van der Waals surface area contributed by atoms with Crippen LogP contribution >= 0.6 is 0 Å². The monoisotopic (exact) mass is 493 g/mol. The Bertz CT molecular complexity index is 1540. The van der Waals surface area contributed by atoms with Gasteiger partial charge in [0.25, 0.3) is 5.91 Å². The lowest BCUT2D eigenvalue weighted by Gasteiger charge is -2.34. The number of anilines is 1. The Hall–Kier alpha value is -3.93. The van der Waals surface area contributed by atoms with Gasteiger partial charge in [0, 0.05) is 30.3 Å². The minimum absolute atomic E-state index is 0.00925. The Morgan fingerprint density at radius 2 is 1.70 bits per heavy atom. The van der Waals surface area contributed by atoms with E-state index in [0.717, 1.165) is 29.6 Å². The van der Waals surface area contributed by atoms with Crippen molar-refractivity contribution in [2.24, 2.45) is 0 Å². The van der Waals surface area contributed by atoms with E-state index in [1.54, 1.807) is 0 Å². The van der Waals surface area contributed by atoms with Crippen molar-refractivity contribution in [2.45, 2.75) is 51.9 Å². The molecule has 188 valence electrons. The lowest BCUT2D eigenvalue weighted by Crippen LogP contribution is -2.50. The number of likely N-dealkylation sites (tertiary alicyclic amines) is 1. The normalized spacial score (nSPS) is 20.4. The molecule has 1 saturated heterocycles. The summed E-state index contributed by atoms with van der Waals surface area (Å²) in [6.07, 6.45) is 2.89. The average molecular weight is 494 g/mol. The van der Waals surface area contributed by atoms with E-state index in [9.17, 15) is 9.59 Å². The van der Waals surface area contributed by atoms with E-state index in [1.165, 1.54) is 16.8 Å². The lowest BCUT2D eigenvalue weighted by molar-refractivity contribution is -0.657. The maximum atomic E-state index is 13.8. The predicted molar refractivity (Wildman–Crippen MR) is 145 cm³/mol. The van der Waals surface area contributed by atoms with Gasteiger partial charge in [-0.1, -0.05) is 55.5 Å². The number of nitrogens with zero attached hydrogens (tertiary/aromatic N) is 4. The largest absolute Gasteiger partial charge is 0.353 e. The van der Waals surface area contributed by atoms with Gasteiger partial charge in [-0.3, -0.25) is 9.59 Å². The number of rotatable bonds is 5. The van der Waals surface area contributed by atoms with Gasteiger partial charge in [-0.2, -0.15) is 0 Å². The van der Waals surface area contributed by atoms with Crippen LogP contribution in [0.25, 0.3) is 11.0 Å². The molecule has 6 heteroatoms. The molecule has 1 amide bonds. The van der Waals surface area contributed by atoms with Gasteiger partial charge < -0.3 is 9.80 Å². The number of benzene rings is 3. The molecule has 2 aliphatic heterocycles. The fourth-order valence-corrected chi connectivity index (χ4v) is 6.41. The fraction of sp³-hybridized carbons (Fsp3) is 0.323. The van der Waals surface area contributed by atoms with Crippen LogP contribution in [0.4, 0.5) is 5.69 Å². The minimum Gasteiger partial charge on any atom is -0.353 e. The number of imidazole rings is 1. The van der Waals surface area contributed by atoms with Crippen molar-refractivity contribution in [3.8, 4) is 0 Å². The van der Waals surface area contributed by atoms with E-state index in [-0.39, 0.29) is 36.4 Å². The summed E-state index contributed by atoms with van der Waals surface area (Å²) in [6, 6.07) is 22.2. The van der Waals surface area contributed by atoms with E-state index < -0.39 is 0 Å². The third-order valence-electron chi connectivity index (χ3n) is 8.53. The van der Waals surface area contributed by atoms with Crippen LogP contribution in [0.2, 0.25) is 0 Å². The molecule has 0 saturated carbocycles. The zero-order chi connectivity index (χ0) is 25.9. The van der Waals surface area contributed by atoms with Gasteiger partial charge in [0.05, 0.1) is 0 Å². The molecule has 1 fully saturated rings. The first-order chi connectivity index (χ1) is 17.8. The molecular weight excluding hydrogens is 460 g/mol. The number of hydrogen-bond acceptors (Lipinski definition) is 3. The molecule has 0 N–H and O–H groups in total. The summed E-state index contributed by atoms with van der Waals surface area (Å²) in [6.45, 7) is 7.66. The molecule has 2 atom stereocenters. The predicted octanol–water partition coefficient (Wildman–Crippen LogP) is 4.39. The van der Waals surface area contributed by atoms with E-state index >= 15 is 0 Å². The summed E-state index contributed by atoms with van der Waals surface area (Å²) in [4.78, 5) is 31.2. The van der Waals surface area contributed by atoms with Crippen LogP contribution in [-0.2, 0) is 23.3 Å². The Balaban J connectivity index is 1.32. The van der Waals surface area contributed by atoms with Gasteiger partial charge in [0.15, 0.2) is 24.1 Å². The first kappa shape index (κ1) is 23.5. The number of aryl methyl sites for hydroxylation is 2. The van der Waals surface area contributed by atoms with Crippen molar-refractivity contribution in [2.75, 3.05) is 18.5 Å². The number of para-hydroxylation sites is 1. The van der Waals surface area contributed by atoms with Gasteiger partial charge in [0.1, 0.15) is 6.17 Å². The first-order valence-corrected chi connectivity index (χ1v) is 13.0. The average Bonchev–Trinajstić information content (AvgIpc) is 3.49. The molecule has 37 heavy (non-hydrogen) atoms. The first-order valence-electron chi connectivity index (χ1n) is 13.0. The van der Waals surface area contributed by atoms with Gasteiger partial charge in [-0.05, 0) is 55.2 Å². The number of aromatic nitrogens is 2. The molecule has 0 aliphatic carbocycles. The number of amides is 1. The Morgan fingerprint density at radius 3 is 2.49 bits per heavy atom. The highest BCUT2D eigenvalue weighted by Crippen LogP contribution is 2.51. The highest BCUT2D eigenvalue weighted by Gasteiger charge is 2.54. The highest BCUT2D eigenvalue weighted by molar-refractivity contribution is 5.95. The molecule has 6 nitrogen and oxygen atoms in total. The molecule has 6 rings (SSSR count). The molecule has 4 aromatic rings.